The number of nitrogens with zero attached hydrogens (tertiary/aromatic N) is 2. The Hall–Kier alpha value is -2.70. The van der Waals surface area contributed by atoms with Crippen LogP contribution in [-0.4, -0.2) is 53.2 Å². The third-order valence-corrected chi connectivity index (χ3v) is 6.69. The lowest BCUT2D eigenvalue weighted by Crippen LogP contribution is -2.46. The molecular weight excluding hydrogens is 416 g/mol. The number of hydrogen-bond donors (Lipinski definition) is 0. The van der Waals surface area contributed by atoms with E-state index in [9.17, 15) is 9.59 Å². The van der Waals surface area contributed by atoms with Crippen molar-refractivity contribution in [3.05, 3.63) is 71.8 Å². The summed E-state index contributed by atoms with van der Waals surface area (Å²) >= 11 is 0. The summed E-state index contributed by atoms with van der Waals surface area (Å²) < 4.78 is 11.1. The lowest BCUT2D eigenvalue weighted by atomic mass is 9.89. The molecule has 2 aromatic rings. The first-order valence-electron chi connectivity index (χ1n) is 11.6. The average Bonchev–Trinajstić information content (AvgIpc) is 3.27. The molecule has 0 spiro atoms. The summed E-state index contributed by atoms with van der Waals surface area (Å²) in [6.45, 7) is 8.99. The summed E-state index contributed by atoms with van der Waals surface area (Å²) in [6, 6.07) is 19.9. The minimum atomic E-state index is -0.610. The van der Waals surface area contributed by atoms with E-state index in [1.807, 2.05) is 64.1 Å². The maximum absolute atomic E-state index is 13.5. The van der Waals surface area contributed by atoms with Gasteiger partial charge >= 0.3 is 11.9 Å². The van der Waals surface area contributed by atoms with Crippen molar-refractivity contribution < 1.29 is 19.1 Å². The van der Waals surface area contributed by atoms with E-state index < -0.39 is 17.6 Å². The molecule has 2 fully saturated rings. The number of esters is 2. The second kappa shape index (κ2) is 9.27. The lowest BCUT2D eigenvalue weighted by molar-refractivity contribution is -0.162. The fourth-order valence-electron chi connectivity index (χ4n) is 5.41. The van der Waals surface area contributed by atoms with Gasteiger partial charge in [0.15, 0.2) is 0 Å². The van der Waals surface area contributed by atoms with Gasteiger partial charge in [-0.3, -0.25) is 19.4 Å². The number of carbonyl (C=O) groups excluding carboxylic acids is 2. The zero-order chi connectivity index (χ0) is 23.8. The molecule has 0 bridgehead atoms. The highest BCUT2D eigenvalue weighted by molar-refractivity contribution is 5.81. The maximum atomic E-state index is 13.5. The summed E-state index contributed by atoms with van der Waals surface area (Å²) in [5.41, 5.74) is 1.69. The molecule has 2 saturated heterocycles. The van der Waals surface area contributed by atoms with E-state index in [4.69, 9.17) is 9.47 Å². The molecule has 0 amide bonds. The summed E-state index contributed by atoms with van der Waals surface area (Å²) in [4.78, 5) is 31.0. The molecule has 0 aromatic heterocycles. The molecule has 0 unspecified atom stereocenters. The van der Waals surface area contributed by atoms with Gasteiger partial charge in [-0.15, -0.1) is 0 Å². The maximum Gasteiger partial charge on any atom is 0.324 e. The van der Waals surface area contributed by atoms with E-state index in [2.05, 4.69) is 34.1 Å². The molecule has 33 heavy (non-hydrogen) atoms. The Bertz CT molecular complexity index is 973. The Morgan fingerprint density at radius 2 is 1.58 bits per heavy atom. The van der Waals surface area contributed by atoms with Crippen molar-refractivity contribution in [2.24, 2.45) is 11.8 Å². The molecule has 6 nitrogen and oxygen atoms in total. The molecule has 2 aliphatic rings. The number of methoxy groups -OCH3 is 1. The van der Waals surface area contributed by atoms with E-state index in [0.29, 0.717) is 13.1 Å². The number of rotatable bonds is 5. The minimum Gasteiger partial charge on any atom is -0.469 e. The van der Waals surface area contributed by atoms with Crippen molar-refractivity contribution in [1.82, 2.24) is 9.80 Å². The van der Waals surface area contributed by atoms with E-state index >= 15 is 0 Å². The second-order valence-corrected chi connectivity index (χ2v) is 10.1. The smallest absolute Gasteiger partial charge is 0.324 e. The fraction of sp³-hybridized carbons (Fsp3) is 0.481. The Morgan fingerprint density at radius 3 is 2.15 bits per heavy atom. The molecular formula is C27H34N2O4. The average molecular weight is 451 g/mol. The van der Waals surface area contributed by atoms with Crippen LogP contribution in [0, 0.1) is 11.8 Å². The van der Waals surface area contributed by atoms with Crippen molar-refractivity contribution in [2.45, 2.75) is 58.1 Å². The van der Waals surface area contributed by atoms with Gasteiger partial charge in [-0.2, -0.15) is 0 Å². The van der Waals surface area contributed by atoms with Gasteiger partial charge in [0.1, 0.15) is 11.6 Å². The fourth-order valence-corrected chi connectivity index (χ4v) is 5.41. The molecule has 2 aliphatic heterocycles. The molecule has 0 N–H and O–H groups in total. The van der Waals surface area contributed by atoms with Gasteiger partial charge in [0.05, 0.1) is 19.2 Å². The minimum absolute atomic E-state index is 0.0328. The first-order chi connectivity index (χ1) is 15.7. The van der Waals surface area contributed by atoms with Gasteiger partial charge in [-0.25, -0.2) is 0 Å². The lowest BCUT2D eigenvalue weighted by Gasteiger charge is -2.32. The van der Waals surface area contributed by atoms with Crippen LogP contribution in [0.2, 0.25) is 0 Å². The van der Waals surface area contributed by atoms with Crippen LogP contribution in [0.5, 0.6) is 0 Å². The molecule has 0 saturated carbocycles. The number of benzene rings is 2. The van der Waals surface area contributed by atoms with Gasteiger partial charge < -0.3 is 9.47 Å². The third-order valence-electron chi connectivity index (χ3n) is 6.69. The molecule has 0 aliphatic carbocycles. The van der Waals surface area contributed by atoms with Crippen molar-refractivity contribution >= 4 is 11.9 Å². The van der Waals surface area contributed by atoms with Gasteiger partial charge in [0.2, 0.25) is 0 Å². The van der Waals surface area contributed by atoms with Crippen molar-refractivity contribution in [2.75, 3.05) is 13.7 Å². The Morgan fingerprint density at radius 1 is 0.970 bits per heavy atom. The van der Waals surface area contributed by atoms with Gasteiger partial charge in [-0.1, -0.05) is 67.6 Å². The van der Waals surface area contributed by atoms with Crippen LogP contribution in [0.25, 0.3) is 0 Å². The van der Waals surface area contributed by atoms with Crippen LogP contribution in [0.3, 0.4) is 0 Å². The summed E-state index contributed by atoms with van der Waals surface area (Å²) in [5.74, 6) is -1.27. The van der Waals surface area contributed by atoms with Gasteiger partial charge in [-0.05, 0) is 37.8 Å². The Balaban J connectivity index is 1.77. The SMILES string of the molecule is COC(=O)[C@@H]1[C@@H](C)[C@@H](C(=O)OC(C)(C)C)N2[C@@H](c3ccccc3)CN(Cc3ccccc3)[C@H]12. The summed E-state index contributed by atoms with van der Waals surface area (Å²) in [6.07, 6.45) is -0.254. The largest absolute Gasteiger partial charge is 0.469 e. The van der Waals surface area contributed by atoms with Crippen molar-refractivity contribution in [3.8, 4) is 0 Å². The number of ether oxygens (including phenoxy) is 2. The van der Waals surface area contributed by atoms with Crippen LogP contribution in [0.4, 0.5) is 0 Å². The molecule has 176 valence electrons. The quantitative estimate of drug-likeness (QED) is 0.642. The Kier molecular flexibility index (Phi) is 6.59. The Labute approximate surface area is 196 Å². The van der Waals surface area contributed by atoms with Crippen molar-refractivity contribution in [3.63, 3.8) is 0 Å². The van der Waals surface area contributed by atoms with Gasteiger partial charge in [0.25, 0.3) is 0 Å². The monoisotopic (exact) mass is 450 g/mol. The molecule has 2 aromatic carbocycles. The summed E-state index contributed by atoms with van der Waals surface area (Å²) in [7, 11) is 1.42. The van der Waals surface area contributed by atoms with Gasteiger partial charge in [0, 0.05) is 19.1 Å². The number of fused-ring (bicyclic) bond motifs is 1. The normalized spacial score (nSPS) is 27.8. The highest BCUT2D eigenvalue weighted by atomic mass is 16.6. The highest BCUT2D eigenvalue weighted by Crippen LogP contribution is 2.48. The van der Waals surface area contributed by atoms with E-state index in [1.54, 1.807) is 0 Å². The van der Waals surface area contributed by atoms with Crippen LogP contribution in [0.1, 0.15) is 44.9 Å². The molecule has 5 atom stereocenters. The predicted octanol–water partition coefficient (Wildman–Crippen LogP) is 4.02. The molecule has 6 heteroatoms. The van der Waals surface area contributed by atoms with E-state index in [0.717, 1.165) is 5.56 Å². The van der Waals surface area contributed by atoms with E-state index in [-0.39, 0.29) is 30.1 Å². The topological polar surface area (TPSA) is 59.1 Å². The standard InChI is InChI=1S/C27H34N2O4/c1-18-22(25(30)32-5)24-28(16-19-12-8-6-9-13-19)17-21(20-14-10-7-11-15-20)29(24)23(18)26(31)33-27(2,3)4/h6-15,18,21-24H,16-17H2,1-5H3/t18-,21-,22-,23+,24+/m1/s1. The second-order valence-electron chi connectivity index (χ2n) is 10.1. The zero-order valence-electron chi connectivity index (χ0n) is 20.1. The van der Waals surface area contributed by atoms with Crippen LogP contribution >= 0.6 is 0 Å². The summed E-state index contributed by atoms with van der Waals surface area (Å²) in [5, 5.41) is 0. The first kappa shape index (κ1) is 23.5. The first-order valence-corrected chi connectivity index (χ1v) is 11.6. The van der Waals surface area contributed by atoms with Crippen molar-refractivity contribution in [1.29, 1.82) is 0 Å². The predicted molar refractivity (Wildman–Crippen MR) is 126 cm³/mol. The number of carbonyl (C=O) groups is 2. The zero-order valence-corrected chi connectivity index (χ0v) is 20.1. The van der Waals surface area contributed by atoms with Crippen LogP contribution in [0.15, 0.2) is 60.7 Å². The van der Waals surface area contributed by atoms with Crippen LogP contribution < -0.4 is 0 Å². The highest BCUT2D eigenvalue weighted by Gasteiger charge is 2.61. The van der Waals surface area contributed by atoms with Crippen LogP contribution in [-0.2, 0) is 25.6 Å². The molecule has 4 rings (SSSR count). The van der Waals surface area contributed by atoms with E-state index in [1.165, 1.54) is 12.7 Å². The molecule has 0 radical (unpaired) electrons. The third kappa shape index (κ3) is 4.68. The number of hydrogen-bond acceptors (Lipinski definition) is 6. The molecule has 2 heterocycles.